The van der Waals surface area contributed by atoms with Gasteiger partial charge in [-0.2, -0.15) is 0 Å². The van der Waals surface area contributed by atoms with E-state index >= 15 is 0 Å². The molecule has 4 aliphatic heterocycles. The van der Waals surface area contributed by atoms with Crippen LogP contribution < -0.4 is 19.6 Å². The minimum Gasteiger partial charge on any atom is -0.436 e. The van der Waals surface area contributed by atoms with E-state index in [1.54, 1.807) is 20.8 Å². The molecule has 4 bridgehead atoms. The van der Waals surface area contributed by atoms with Crippen LogP contribution in [0, 0.1) is 80.0 Å². The summed E-state index contributed by atoms with van der Waals surface area (Å²) < 4.78 is 84.7. The largest absolute Gasteiger partial charge is 0.436 e. The minimum atomic E-state index is -2.38. The first-order valence-electron chi connectivity index (χ1n) is 39.7. The summed E-state index contributed by atoms with van der Waals surface area (Å²) in [6, 6.07) is 34.1. The highest BCUT2D eigenvalue weighted by molar-refractivity contribution is 6.08. The molecule has 4 aromatic carbocycles. The van der Waals surface area contributed by atoms with Gasteiger partial charge in [0.2, 0.25) is 5.71 Å². The quantitative estimate of drug-likeness (QED) is 0.175. The van der Waals surface area contributed by atoms with Crippen LogP contribution in [-0.4, -0.2) is 51.3 Å². The monoisotopic (exact) mass is 1210 g/mol. The number of aromatic nitrogens is 1. The summed E-state index contributed by atoms with van der Waals surface area (Å²) in [6.45, 7) is 35.6. The van der Waals surface area contributed by atoms with Crippen molar-refractivity contribution in [3.8, 4) is 0 Å². The van der Waals surface area contributed by atoms with Crippen LogP contribution in [0.5, 0.6) is 0 Å². The number of rotatable bonds is 4. The van der Waals surface area contributed by atoms with Crippen LogP contribution >= 0.6 is 0 Å². The number of nitrogens with zero attached hydrogens (tertiary/aromatic N) is 5. The van der Waals surface area contributed by atoms with Crippen LogP contribution in [0.2, 0.25) is 0 Å². The lowest BCUT2D eigenvalue weighted by Gasteiger charge is -2.62. The fourth-order valence-corrected chi connectivity index (χ4v) is 21.5. The average molecular weight is 1210 g/mol. The van der Waals surface area contributed by atoms with Crippen molar-refractivity contribution in [2.24, 2.45) is 45.3 Å². The van der Waals surface area contributed by atoms with Gasteiger partial charge in [0.25, 0.3) is 0 Å². The lowest BCUT2D eigenvalue weighted by Crippen LogP contribution is -2.57. The van der Waals surface area contributed by atoms with E-state index in [2.05, 4.69) is 176 Å². The Morgan fingerprint density at radius 2 is 0.899 bits per heavy atom. The maximum absolute atomic E-state index is 9.52. The number of hydrogen-bond donors (Lipinski definition) is 0. The molecule has 5 unspecified atom stereocenters. The highest BCUT2D eigenvalue weighted by atomic mass is 16.3. The van der Waals surface area contributed by atoms with E-state index < -0.39 is 54.0 Å². The van der Waals surface area contributed by atoms with Crippen LogP contribution in [0.1, 0.15) is 259 Å². The fraction of sp³-hybridized carbons (Fsp3) is 0.651. The molecule has 10 aliphatic rings. The SMILES string of the molecule is Cc1ccc2c(n1)oc1c(N3C(C)C4(CCCCC4)CC3(C)C)c(C)ccc12.[2H]C([2H])([2H])C1(C)C(C)N(c2ccccc2C)C(C)(C)C1([2H])[2H].[2H]C1([2H])C2(C3CC4CC(C3)CC2C4)C(C)N(c2ccccc2C)C1(C)C.[2H]C1([2H])C2(CCCCC2)C(C)N(c2ccccc2C)C1(C)C. The Morgan fingerprint density at radius 1 is 0.449 bits per heavy atom. The molecular weight excluding hydrogens is 1080 g/mol. The van der Waals surface area contributed by atoms with Gasteiger partial charge in [-0.25, -0.2) is 4.98 Å². The summed E-state index contributed by atoms with van der Waals surface area (Å²) in [5, 5.41) is 2.31. The molecule has 16 rings (SSSR count). The summed E-state index contributed by atoms with van der Waals surface area (Å²) in [5.74, 6) is 2.89. The lowest BCUT2D eigenvalue weighted by molar-refractivity contribution is -0.113. The number of anilines is 4. The molecular formula is C83H119N5O. The van der Waals surface area contributed by atoms with E-state index in [1.165, 1.54) is 129 Å². The third kappa shape index (κ3) is 11.1. The van der Waals surface area contributed by atoms with E-state index in [9.17, 15) is 2.74 Å². The van der Waals surface area contributed by atoms with Crippen LogP contribution in [0.3, 0.4) is 0 Å². The number of para-hydroxylation sites is 3. The molecule has 6 heteroatoms. The van der Waals surface area contributed by atoms with E-state index in [0.717, 1.165) is 58.3 Å². The summed E-state index contributed by atoms with van der Waals surface area (Å²) in [5.41, 5.74) is 9.03. The van der Waals surface area contributed by atoms with Gasteiger partial charge in [-0.05, 0) is 299 Å². The third-order valence-corrected chi connectivity index (χ3v) is 24.9. The fourth-order valence-electron chi connectivity index (χ4n) is 21.5. The highest BCUT2D eigenvalue weighted by Crippen LogP contribution is 2.70. The van der Waals surface area contributed by atoms with Gasteiger partial charge in [0.05, 0.1) is 5.69 Å². The lowest BCUT2D eigenvalue weighted by atomic mass is 9.43. The van der Waals surface area contributed by atoms with E-state index in [4.69, 9.17) is 14.0 Å². The number of pyridine rings is 1. The second-order valence-electron chi connectivity index (χ2n) is 32.7. The first kappa shape index (κ1) is 53.5. The second kappa shape index (κ2) is 23.2. The molecule has 0 amide bonds. The first-order chi connectivity index (χ1) is 45.6. The Hall–Kier alpha value is -4.97. The number of furan rings is 1. The summed E-state index contributed by atoms with van der Waals surface area (Å²) in [4.78, 5) is 14.2. The van der Waals surface area contributed by atoms with Gasteiger partial charge in [-0.3, -0.25) is 0 Å². The van der Waals surface area contributed by atoms with E-state index in [1.807, 2.05) is 49.9 Å². The van der Waals surface area contributed by atoms with Crippen LogP contribution in [-0.2, 0) is 0 Å². The van der Waals surface area contributed by atoms with Crippen molar-refractivity contribution in [2.45, 2.75) is 300 Å². The normalized spacial score (nSPS) is 35.5. The van der Waals surface area contributed by atoms with Crippen molar-refractivity contribution in [1.82, 2.24) is 4.98 Å². The van der Waals surface area contributed by atoms with Crippen LogP contribution in [0.4, 0.5) is 22.7 Å². The molecule has 6 heterocycles. The van der Waals surface area contributed by atoms with Gasteiger partial charge in [-0.15, -0.1) is 0 Å². The molecule has 6 aliphatic carbocycles. The second-order valence-corrected chi connectivity index (χ2v) is 32.7. The van der Waals surface area contributed by atoms with Gasteiger partial charge in [0, 0.05) is 92.2 Å². The van der Waals surface area contributed by atoms with Gasteiger partial charge in [0.1, 0.15) is 0 Å². The molecule has 3 spiro atoms. The van der Waals surface area contributed by atoms with Crippen molar-refractivity contribution >= 4 is 44.8 Å². The third-order valence-electron chi connectivity index (χ3n) is 24.9. The Morgan fingerprint density at radius 3 is 1.40 bits per heavy atom. The molecule has 6 saturated carbocycles. The zero-order valence-corrected chi connectivity index (χ0v) is 58.3. The van der Waals surface area contributed by atoms with E-state index in [-0.39, 0.29) is 28.5 Å². The molecule has 6 aromatic rings. The molecule has 0 radical (unpaired) electrons. The minimum absolute atomic E-state index is 0.123. The molecule has 10 fully saturated rings. The Bertz CT molecular complexity index is 3900. The first-order valence-corrected chi connectivity index (χ1v) is 35.2. The van der Waals surface area contributed by atoms with Crippen molar-refractivity contribution in [1.29, 1.82) is 0 Å². The smallest absolute Gasteiger partial charge is 0.227 e. The summed E-state index contributed by atoms with van der Waals surface area (Å²) >= 11 is 0. The van der Waals surface area contributed by atoms with Crippen molar-refractivity contribution in [2.75, 3.05) is 19.6 Å². The molecule has 6 nitrogen and oxygen atoms in total. The highest BCUT2D eigenvalue weighted by Gasteiger charge is 2.66. The van der Waals surface area contributed by atoms with Crippen molar-refractivity contribution in [3.05, 3.63) is 125 Å². The molecule has 89 heavy (non-hydrogen) atoms. The molecule has 482 valence electrons. The Labute approximate surface area is 553 Å². The summed E-state index contributed by atoms with van der Waals surface area (Å²) in [6.07, 6.45) is 16.1. The zero-order chi connectivity index (χ0) is 71.5. The predicted octanol–water partition coefficient (Wildman–Crippen LogP) is 22.5. The van der Waals surface area contributed by atoms with Crippen LogP contribution in [0.25, 0.3) is 22.1 Å². The maximum atomic E-state index is 9.52. The number of benzene rings is 4. The van der Waals surface area contributed by atoms with Gasteiger partial charge < -0.3 is 24.0 Å². The van der Waals surface area contributed by atoms with Crippen LogP contribution in [0.15, 0.2) is 101 Å². The summed E-state index contributed by atoms with van der Waals surface area (Å²) in [7, 11) is 0. The molecule has 0 N–H and O–H groups in total. The maximum Gasteiger partial charge on any atom is 0.227 e. The number of aryl methyl sites for hydroxylation is 5. The van der Waals surface area contributed by atoms with Crippen molar-refractivity contribution < 1.29 is 16.8 Å². The Kier molecular flexibility index (Phi) is 14.0. The number of fused-ring (bicyclic) bond motifs is 3. The van der Waals surface area contributed by atoms with E-state index in [0.29, 0.717) is 23.3 Å². The molecule has 4 saturated heterocycles. The zero-order valence-electron chi connectivity index (χ0n) is 67.3. The standard InChI is InChI=1S/C25H32N2O.C23H33N.C19H29N.C16H25N/c1-16-9-11-19-20-12-10-17(2)26-23(20)28-22(19)21(16)27-18(3)25(15-24(27,4)5)13-7-6-8-14-25;1-15-7-5-6-8-21(15)24-16(2)23(14-22(24,3)4)19-10-17-9-18(12-19)13-20(23)11-17;1-15-10-6-7-11-17(15)20-16(2)19(14-18(20,3)4)12-8-5-9-13-19;1-12-9-7-8-10-14(12)17-13(2)15(3,4)11-16(17,5)6/h9-12,18H,6-8,13-15H2,1-5H3;5-8,16-20H,9-14H2,1-4H3;6-7,10-11,16H,5,8-9,12-14H2,1-4H3;7-10,13H,11H2,1-6H3/i;2*14D2;3D3,11D2. The Balaban J connectivity index is 0.000000125. The number of hydrogen-bond acceptors (Lipinski definition) is 6. The van der Waals surface area contributed by atoms with Gasteiger partial charge >= 0.3 is 0 Å². The average Bonchev–Trinajstić information content (AvgIpc) is 1.48. The topological polar surface area (TPSA) is 39.0 Å². The molecule has 5 atom stereocenters. The predicted molar refractivity (Wildman–Crippen MR) is 381 cm³/mol. The van der Waals surface area contributed by atoms with Crippen molar-refractivity contribution in [3.63, 3.8) is 0 Å². The van der Waals surface area contributed by atoms with Gasteiger partial charge in [0.15, 0.2) is 5.58 Å². The molecule has 2 aromatic heterocycles. The van der Waals surface area contributed by atoms with Gasteiger partial charge in [-0.1, -0.05) is 119 Å².